The number of anilines is 4. The molecule has 0 spiro atoms. The zero-order valence-corrected chi connectivity index (χ0v) is 17.4. The predicted octanol–water partition coefficient (Wildman–Crippen LogP) is 1.82. The summed E-state index contributed by atoms with van der Waals surface area (Å²) in [6.07, 6.45) is 4.71. The van der Waals surface area contributed by atoms with Gasteiger partial charge < -0.3 is 27.0 Å². The number of hydrogen-bond donors (Lipinski definition) is 5. The maximum Gasteiger partial charge on any atom is 0.349 e. The van der Waals surface area contributed by atoms with Crippen LogP contribution in [0.2, 0.25) is 0 Å². The van der Waals surface area contributed by atoms with E-state index in [-0.39, 0.29) is 17.8 Å². The molecule has 1 aliphatic heterocycles. The minimum absolute atomic E-state index is 0.0741. The number of pyridine rings is 1. The van der Waals surface area contributed by atoms with Crippen LogP contribution in [0.25, 0.3) is 5.57 Å². The van der Waals surface area contributed by atoms with Crippen LogP contribution in [0, 0.1) is 0 Å². The third-order valence-corrected chi connectivity index (χ3v) is 4.83. The second kappa shape index (κ2) is 9.27. The molecule has 2 amide bonds. The third-order valence-electron chi connectivity index (χ3n) is 4.83. The van der Waals surface area contributed by atoms with E-state index in [1.165, 1.54) is 0 Å². The minimum atomic E-state index is -0.564. The van der Waals surface area contributed by atoms with Gasteiger partial charge in [-0.05, 0) is 54.9 Å². The van der Waals surface area contributed by atoms with Gasteiger partial charge in [0.15, 0.2) is 0 Å². The normalized spacial score (nSPS) is 13.2. The summed E-state index contributed by atoms with van der Waals surface area (Å²) in [5.74, 6) is -0.111. The van der Waals surface area contributed by atoms with Crippen molar-refractivity contribution in [3.63, 3.8) is 0 Å². The molecule has 0 saturated heterocycles. The van der Waals surface area contributed by atoms with Crippen LogP contribution < -0.4 is 27.0 Å². The molecule has 32 heavy (non-hydrogen) atoms. The van der Waals surface area contributed by atoms with Gasteiger partial charge in [-0.15, -0.1) is 9.78 Å². The Balaban J connectivity index is 1.41. The van der Waals surface area contributed by atoms with Gasteiger partial charge in [-0.25, -0.2) is 4.79 Å². The van der Waals surface area contributed by atoms with Crippen LogP contribution in [0.15, 0.2) is 48.7 Å². The maximum absolute atomic E-state index is 12.6. The Kier molecular flexibility index (Phi) is 6.08. The van der Waals surface area contributed by atoms with Gasteiger partial charge in [0, 0.05) is 24.8 Å². The van der Waals surface area contributed by atoms with Crippen molar-refractivity contribution in [2.24, 2.45) is 0 Å². The number of nitrogen functional groups attached to an aromatic ring is 1. The highest BCUT2D eigenvalue weighted by atomic mass is 16.2. The summed E-state index contributed by atoms with van der Waals surface area (Å²) in [7, 11) is 1.56. The van der Waals surface area contributed by atoms with E-state index in [0.717, 1.165) is 35.5 Å². The summed E-state index contributed by atoms with van der Waals surface area (Å²) < 4.78 is 0.961. The fourth-order valence-electron chi connectivity index (χ4n) is 3.18. The zero-order chi connectivity index (χ0) is 22.5. The fourth-order valence-corrected chi connectivity index (χ4v) is 3.18. The molecule has 6 N–H and O–H groups in total. The number of carbonyl (C=O) groups is 2. The molecule has 0 radical (unpaired) electrons. The summed E-state index contributed by atoms with van der Waals surface area (Å²) in [6.45, 7) is 1.74. The minimum Gasteiger partial charge on any atom is -0.368 e. The molecule has 3 aromatic rings. The Labute approximate surface area is 184 Å². The quantitative estimate of drug-likeness (QED) is 0.409. The number of amides is 2. The van der Waals surface area contributed by atoms with Gasteiger partial charge in [0.05, 0.1) is 17.6 Å². The lowest BCUT2D eigenvalue weighted by atomic mass is 10.1. The van der Waals surface area contributed by atoms with Crippen LogP contribution >= 0.6 is 0 Å². The van der Waals surface area contributed by atoms with Crippen LogP contribution in [0.4, 0.5) is 28.1 Å². The number of nitrogens with two attached hydrogens (primary N) is 1. The second-order valence-corrected chi connectivity index (χ2v) is 7.04. The molecule has 0 aliphatic carbocycles. The van der Waals surface area contributed by atoms with Crippen LogP contribution in [0.5, 0.6) is 0 Å². The summed E-state index contributed by atoms with van der Waals surface area (Å²) in [6, 6.07) is 9.78. The molecule has 164 valence electrons. The Morgan fingerprint density at radius 1 is 1.12 bits per heavy atom. The van der Waals surface area contributed by atoms with E-state index in [1.54, 1.807) is 43.6 Å². The van der Waals surface area contributed by atoms with Crippen molar-refractivity contribution in [2.45, 2.75) is 6.42 Å². The number of hydrogen-bond acceptors (Lipinski definition) is 8. The summed E-state index contributed by atoms with van der Waals surface area (Å²) in [5.41, 5.74) is 9.53. The third kappa shape index (κ3) is 4.73. The molecule has 11 nitrogen and oxygen atoms in total. The van der Waals surface area contributed by atoms with Crippen LogP contribution in [0.1, 0.15) is 22.5 Å². The first-order valence-electron chi connectivity index (χ1n) is 10.0. The number of carbonyl (C=O) groups excluding carboxylic acids is 2. The fraction of sp³-hybridized carbons (Fsp3) is 0.190. The van der Waals surface area contributed by atoms with Crippen molar-refractivity contribution < 1.29 is 9.59 Å². The first-order valence-corrected chi connectivity index (χ1v) is 10.0. The highest BCUT2D eigenvalue weighted by molar-refractivity contribution is 5.94. The highest BCUT2D eigenvalue weighted by Crippen LogP contribution is 2.18. The first-order chi connectivity index (χ1) is 15.5. The van der Waals surface area contributed by atoms with E-state index in [0.29, 0.717) is 16.9 Å². The van der Waals surface area contributed by atoms with E-state index >= 15 is 0 Å². The largest absolute Gasteiger partial charge is 0.368 e. The van der Waals surface area contributed by atoms with Gasteiger partial charge in [0.2, 0.25) is 11.9 Å². The van der Waals surface area contributed by atoms with Gasteiger partial charge in [-0.1, -0.05) is 6.08 Å². The summed E-state index contributed by atoms with van der Waals surface area (Å²) in [5, 5.41) is 15.6. The van der Waals surface area contributed by atoms with Crippen LogP contribution in [0.3, 0.4) is 0 Å². The van der Waals surface area contributed by atoms with Crippen molar-refractivity contribution in [3.05, 3.63) is 59.9 Å². The van der Waals surface area contributed by atoms with E-state index < -0.39 is 6.03 Å². The number of aromatic nitrogens is 4. The lowest BCUT2D eigenvalue weighted by Crippen LogP contribution is -2.23. The standard InChI is InChI=1S/C21H23N9O2/c1-23-18(31)13-4-6-15(7-5-13)26-20-28-19(22)30(29-20)21(32)27-16-8-9-17(25-12-16)14-3-2-10-24-11-14/h3-9,12,24H,2,10-11H2,1H3,(H,23,31)(H,27,32)(H3,22,26,28,29). The molecular weight excluding hydrogens is 410 g/mol. The monoisotopic (exact) mass is 433 g/mol. The van der Waals surface area contributed by atoms with Crippen molar-refractivity contribution in [1.82, 2.24) is 30.4 Å². The first kappa shape index (κ1) is 21.0. The van der Waals surface area contributed by atoms with Crippen molar-refractivity contribution in [2.75, 3.05) is 36.5 Å². The average Bonchev–Trinajstić information content (AvgIpc) is 3.20. The molecule has 1 aliphatic rings. The van der Waals surface area contributed by atoms with E-state index in [1.807, 2.05) is 6.07 Å². The van der Waals surface area contributed by atoms with Gasteiger partial charge in [-0.2, -0.15) is 4.98 Å². The average molecular weight is 433 g/mol. The molecule has 0 saturated carbocycles. The maximum atomic E-state index is 12.6. The molecule has 1 aromatic carbocycles. The Hall–Kier alpha value is -4.25. The van der Waals surface area contributed by atoms with Gasteiger partial charge in [0.1, 0.15) is 0 Å². The Morgan fingerprint density at radius 2 is 1.91 bits per heavy atom. The van der Waals surface area contributed by atoms with Crippen LogP contribution in [-0.4, -0.2) is 51.8 Å². The molecule has 3 heterocycles. The molecule has 4 rings (SSSR count). The van der Waals surface area contributed by atoms with Crippen molar-refractivity contribution in [3.8, 4) is 0 Å². The van der Waals surface area contributed by atoms with E-state index in [4.69, 9.17) is 5.73 Å². The van der Waals surface area contributed by atoms with Gasteiger partial charge in [-0.3, -0.25) is 9.78 Å². The predicted molar refractivity (Wildman–Crippen MR) is 122 cm³/mol. The van der Waals surface area contributed by atoms with Gasteiger partial charge in [0.25, 0.3) is 5.91 Å². The second-order valence-electron chi connectivity index (χ2n) is 7.04. The lowest BCUT2D eigenvalue weighted by Gasteiger charge is -2.14. The summed E-state index contributed by atoms with van der Waals surface area (Å²) >= 11 is 0. The molecule has 0 unspecified atom stereocenters. The topological polar surface area (TPSA) is 152 Å². The number of nitrogens with one attached hydrogen (secondary N) is 4. The van der Waals surface area contributed by atoms with E-state index in [2.05, 4.69) is 42.4 Å². The molecular formula is C21H23N9O2. The molecule has 0 bridgehead atoms. The van der Waals surface area contributed by atoms with Crippen molar-refractivity contribution >= 4 is 40.8 Å². The Bertz CT molecular complexity index is 1150. The zero-order valence-electron chi connectivity index (χ0n) is 17.4. The molecule has 0 fully saturated rings. The number of nitrogens with zero attached hydrogens (tertiary/aromatic N) is 4. The number of rotatable bonds is 5. The molecule has 0 atom stereocenters. The molecule has 11 heteroatoms. The van der Waals surface area contributed by atoms with Gasteiger partial charge >= 0.3 is 6.03 Å². The molecule has 2 aromatic heterocycles. The SMILES string of the molecule is CNC(=O)c1ccc(Nc2nc(N)n(C(=O)Nc3ccc(C4=CCCNC4)nc3)n2)cc1. The van der Waals surface area contributed by atoms with Crippen LogP contribution in [-0.2, 0) is 0 Å². The van der Waals surface area contributed by atoms with E-state index in [9.17, 15) is 9.59 Å². The highest BCUT2D eigenvalue weighted by Gasteiger charge is 2.15. The lowest BCUT2D eigenvalue weighted by molar-refractivity contribution is 0.0963. The summed E-state index contributed by atoms with van der Waals surface area (Å²) in [4.78, 5) is 32.7. The Morgan fingerprint density at radius 3 is 2.56 bits per heavy atom. The smallest absolute Gasteiger partial charge is 0.349 e. The van der Waals surface area contributed by atoms with Crippen molar-refractivity contribution in [1.29, 1.82) is 0 Å². The number of benzene rings is 1.